The number of amides is 1. The van der Waals surface area contributed by atoms with Crippen LogP contribution in [0.15, 0.2) is 48.5 Å². The van der Waals surface area contributed by atoms with Gasteiger partial charge in [-0.25, -0.2) is 0 Å². The quantitative estimate of drug-likeness (QED) is 0.380. The molecular formula is C18H20ClN3O3S. The van der Waals surface area contributed by atoms with Crippen LogP contribution in [0.3, 0.4) is 0 Å². The molecule has 0 atom stereocenters. The first-order valence-corrected chi connectivity index (χ1v) is 8.73. The molecule has 8 heteroatoms. The van der Waals surface area contributed by atoms with Crippen molar-refractivity contribution in [2.45, 2.75) is 12.8 Å². The van der Waals surface area contributed by atoms with E-state index in [-0.39, 0.29) is 11.0 Å². The fourth-order valence-corrected chi connectivity index (χ4v) is 2.37. The first kappa shape index (κ1) is 19.8. The Kier molecular flexibility index (Phi) is 7.98. The van der Waals surface area contributed by atoms with Gasteiger partial charge < -0.3 is 14.8 Å². The van der Waals surface area contributed by atoms with Gasteiger partial charge in [-0.05, 0) is 61.1 Å². The molecule has 0 heterocycles. The van der Waals surface area contributed by atoms with E-state index in [0.29, 0.717) is 24.5 Å². The number of carbonyl (C=O) groups is 1. The average Bonchev–Trinajstić information content (AvgIpc) is 2.64. The first-order chi connectivity index (χ1) is 12.6. The highest BCUT2D eigenvalue weighted by molar-refractivity contribution is 7.80. The van der Waals surface area contributed by atoms with Gasteiger partial charge in [0, 0.05) is 17.1 Å². The molecule has 2 aromatic carbocycles. The smallest absolute Gasteiger partial charge is 0.238 e. The number of ether oxygens (including phenoxy) is 2. The largest absolute Gasteiger partial charge is 0.497 e. The number of thiocarbonyl (C=S) groups is 1. The van der Waals surface area contributed by atoms with E-state index >= 15 is 0 Å². The highest BCUT2D eigenvalue weighted by Crippen LogP contribution is 2.17. The minimum atomic E-state index is -0.182. The Balaban J connectivity index is 1.60. The van der Waals surface area contributed by atoms with Gasteiger partial charge in [-0.15, -0.1) is 0 Å². The van der Waals surface area contributed by atoms with Crippen molar-refractivity contribution in [2.75, 3.05) is 19.0 Å². The maximum Gasteiger partial charge on any atom is 0.238 e. The van der Waals surface area contributed by atoms with E-state index in [1.807, 2.05) is 30.3 Å². The van der Waals surface area contributed by atoms with Crippen LogP contribution in [0.25, 0.3) is 0 Å². The van der Waals surface area contributed by atoms with Crippen molar-refractivity contribution in [3.8, 4) is 11.5 Å². The van der Waals surface area contributed by atoms with Gasteiger partial charge in [-0.3, -0.25) is 15.6 Å². The SMILES string of the molecule is COc1ccc(OCCCC(=O)NNC(=S)Nc2cccc(Cl)c2)cc1. The third-order valence-electron chi connectivity index (χ3n) is 3.27. The zero-order valence-corrected chi connectivity index (χ0v) is 15.8. The number of halogens is 1. The van der Waals surface area contributed by atoms with Gasteiger partial charge in [0.15, 0.2) is 5.11 Å². The number of rotatable bonds is 7. The van der Waals surface area contributed by atoms with E-state index in [0.717, 1.165) is 17.2 Å². The number of methoxy groups -OCH3 is 1. The fraction of sp³-hybridized carbons (Fsp3) is 0.222. The second-order valence-electron chi connectivity index (χ2n) is 5.27. The predicted octanol–water partition coefficient (Wildman–Crippen LogP) is 3.53. The van der Waals surface area contributed by atoms with Crippen LogP contribution in [-0.2, 0) is 4.79 Å². The molecule has 0 radical (unpaired) electrons. The summed E-state index contributed by atoms with van der Waals surface area (Å²) in [6.07, 6.45) is 0.886. The van der Waals surface area contributed by atoms with Crippen molar-refractivity contribution in [1.82, 2.24) is 10.9 Å². The molecule has 3 N–H and O–H groups in total. The number of benzene rings is 2. The lowest BCUT2D eigenvalue weighted by atomic mass is 10.3. The minimum Gasteiger partial charge on any atom is -0.497 e. The Bertz CT molecular complexity index is 741. The molecule has 0 saturated heterocycles. The van der Waals surface area contributed by atoms with Crippen molar-refractivity contribution < 1.29 is 14.3 Å². The van der Waals surface area contributed by atoms with Gasteiger partial charge in [0.05, 0.1) is 13.7 Å². The highest BCUT2D eigenvalue weighted by atomic mass is 35.5. The van der Waals surface area contributed by atoms with Gasteiger partial charge in [-0.1, -0.05) is 17.7 Å². The molecule has 2 aromatic rings. The molecule has 6 nitrogen and oxygen atoms in total. The predicted molar refractivity (Wildman–Crippen MR) is 107 cm³/mol. The Morgan fingerprint density at radius 2 is 1.85 bits per heavy atom. The Morgan fingerprint density at radius 1 is 1.12 bits per heavy atom. The maximum atomic E-state index is 11.8. The van der Waals surface area contributed by atoms with Crippen molar-refractivity contribution in [3.05, 3.63) is 53.6 Å². The van der Waals surface area contributed by atoms with Gasteiger partial charge >= 0.3 is 0 Å². The maximum absolute atomic E-state index is 11.8. The lowest BCUT2D eigenvalue weighted by Gasteiger charge is -2.12. The summed E-state index contributed by atoms with van der Waals surface area (Å²) in [5.74, 6) is 1.32. The molecule has 138 valence electrons. The average molecular weight is 394 g/mol. The second-order valence-corrected chi connectivity index (χ2v) is 6.11. The number of carbonyl (C=O) groups excluding carboxylic acids is 1. The van der Waals surface area contributed by atoms with Gasteiger partial charge in [0.1, 0.15) is 11.5 Å². The number of hydrogen-bond donors (Lipinski definition) is 3. The molecule has 0 saturated carbocycles. The fourth-order valence-electron chi connectivity index (χ4n) is 2.01. The van der Waals surface area contributed by atoms with Crippen LogP contribution < -0.4 is 25.6 Å². The molecule has 26 heavy (non-hydrogen) atoms. The van der Waals surface area contributed by atoms with Crippen molar-refractivity contribution in [3.63, 3.8) is 0 Å². The molecule has 1 amide bonds. The summed E-state index contributed by atoms with van der Waals surface area (Å²) in [6, 6.07) is 14.4. The van der Waals surface area contributed by atoms with Crippen LogP contribution in [0.4, 0.5) is 5.69 Å². The summed E-state index contributed by atoms with van der Waals surface area (Å²) >= 11 is 11.0. The van der Waals surface area contributed by atoms with Crippen molar-refractivity contribution >= 4 is 40.5 Å². The van der Waals surface area contributed by atoms with Crippen molar-refractivity contribution in [2.24, 2.45) is 0 Å². The zero-order valence-electron chi connectivity index (χ0n) is 14.3. The molecule has 0 aliphatic heterocycles. The normalized spacial score (nSPS) is 9.92. The monoisotopic (exact) mass is 393 g/mol. The second kappa shape index (κ2) is 10.5. The van der Waals surface area contributed by atoms with Crippen molar-refractivity contribution in [1.29, 1.82) is 0 Å². The Morgan fingerprint density at radius 3 is 2.54 bits per heavy atom. The van der Waals surface area contributed by atoms with E-state index < -0.39 is 0 Å². The van der Waals surface area contributed by atoms with Crippen LogP contribution in [0.2, 0.25) is 5.02 Å². The van der Waals surface area contributed by atoms with Crippen LogP contribution >= 0.6 is 23.8 Å². The summed E-state index contributed by atoms with van der Waals surface area (Å²) in [7, 11) is 1.61. The molecule has 2 rings (SSSR count). The molecule has 0 aromatic heterocycles. The van der Waals surface area contributed by atoms with E-state index in [9.17, 15) is 4.79 Å². The van der Waals surface area contributed by atoms with Gasteiger partial charge in [0.2, 0.25) is 5.91 Å². The lowest BCUT2D eigenvalue weighted by Crippen LogP contribution is -2.43. The lowest BCUT2D eigenvalue weighted by molar-refractivity contribution is -0.121. The number of anilines is 1. The molecule has 0 fully saturated rings. The Hall–Kier alpha value is -2.51. The minimum absolute atomic E-state index is 0.182. The summed E-state index contributed by atoms with van der Waals surface area (Å²) < 4.78 is 10.6. The molecule has 0 bridgehead atoms. The summed E-state index contributed by atoms with van der Waals surface area (Å²) in [5.41, 5.74) is 5.91. The van der Waals surface area contributed by atoms with Gasteiger partial charge in [-0.2, -0.15) is 0 Å². The number of hydrogen-bond acceptors (Lipinski definition) is 4. The van der Waals surface area contributed by atoms with Crippen LogP contribution in [0.1, 0.15) is 12.8 Å². The van der Waals surface area contributed by atoms with E-state index in [1.165, 1.54) is 0 Å². The van der Waals surface area contributed by atoms with E-state index in [1.54, 1.807) is 25.3 Å². The standard InChI is InChI=1S/C18H20ClN3O3S/c1-24-15-7-9-16(10-8-15)25-11-3-6-17(23)21-22-18(26)20-14-5-2-4-13(19)12-14/h2,4-5,7-10,12H,3,6,11H2,1H3,(H,21,23)(H2,20,22,26). The van der Waals surface area contributed by atoms with E-state index in [4.69, 9.17) is 33.3 Å². The van der Waals surface area contributed by atoms with Crippen LogP contribution in [0, 0.1) is 0 Å². The zero-order chi connectivity index (χ0) is 18.8. The first-order valence-electron chi connectivity index (χ1n) is 7.95. The molecular weight excluding hydrogens is 374 g/mol. The topological polar surface area (TPSA) is 71.6 Å². The summed E-state index contributed by atoms with van der Waals surface area (Å²) in [5, 5.41) is 3.79. The van der Waals surface area contributed by atoms with E-state index in [2.05, 4.69) is 16.2 Å². The molecule has 0 aliphatic carbocycles. The summed E-state index contributed by atoms with van der Waals surface area (Å²) in [6.45, 7) is 0.435. The molecule has 0 unspecified atom stereocenters. The third kappa shape index (κ3) is 7.16. The highest BCUT2D eigenvalue weighted by Gasteiger charge is 2.03. The summed E-state index contributed by atoms with van der Waals surface area (Å²) in [4.78, 5) is 11.8. The number of nitrogens with one attached hydrogen (secondary N) is 3. The van der Waals surface area contributed by atoms with Crippen LogP contribution in [-0.4, -0.2) is 24.7 Å². The Labute approximate surface area is 162 Å². The number of hydrazine groups is 1. The molecule has 0 spiro atoms. The van der Waals surface area contributed by atoms with Crippen LogP contribution in [0.5, 0.6) is 11.5 Å². The van der Waals surface area contributed by atoms with Gasteiger partial charge in [0.25, 0.3) is 0 Å². The molecule has 0 aliphatic rings. The third-order valence-corrected chi connectivity index (χ3v) is 3.71.